The second-order valence-corrected chi connectivity index (χ2v) is 5.10. The molecule has 6 nitrogen and oxygen atoms in total. The maximum Gasteiger partial charge on any atom is 0.253 e. The number of methoxy groups -OCH3 is 2. The average molecular weight is 293 g/mol. The monoisotopic (exact) mass is 293 g/mol. The van der Waals surface area contributed by atoms with Crippen LogP contribution in [-0.4, -0.2) is 51.2 Å². The van der Waals surface area contributed by atoms with Crippen LogP contribution in [0.25, 0.3) is 0 Å². The molecule has 2 rings (SSSR count). The van der Waals surface area contributed by atoms with Gasteiger partial charge in [0.05, 0.1) is 25.5 Å². The van der Waals surface area contributed by atoms with Crippen molar-refractivity contribution in [2.45, 2.75) is 12.8 Å². The molecule has 0 saturated carbocycles. The number of anilines is 1. The number of hydrogen-bond acceptors (Lipinski definition) is 5. The molecule has 0 atom stereocenters. The molecule has 1 aliphatic rings. The van der Waals surface area contributed by atoms with Crippen molar-refractivity contribution < 1.29 is 14.3 Å². The van der Waals surface area contributed by atoms with Gasteiger partial charge in [0.15, 0.2) is 0 Å². The van der Waals surface area contributed by atoms with Gasteiger partial charge in [-0.3, -0.25) is 4.79 Å². The summed E-state index contributed by atoms with van der Waals surface area (Å²) in [4.78, 5) is 14.6. The molecule has 1 fully saturated rings. The number of nitrogens with two attached hydrogens (primary N) is 1. The first-order chi connectivity index (χ1) is 10.2. The van der Waals surface area contributed by atoms with Crippen molar-refractivity contribution in [3.63, 3.8) is 0 Å². The predicted octanol–water partition coefficient (Wildman–Crippen LogP) is 1.11. The lowest BCUT2D eigenvalue weighted by Crippen LogP contribution is -2.33. The van der Waals surface area contributed by atoms with Crippen molar-refractivity contribution in [2.24, 2.45) is 0 Å². The molecule has 3 N–H and O–H groups in total. The van der Waals surface area contributed by atoms with E-state index in [0.717, 1.165) is 19.6 Å². The molecule has 0 spiro atoms. The number of ether oxygens (including phenoxy) is 2. The standard InChI is InChI=1S/C15H23N3O3/c1-20-11-9-12(14(16)13(10-11)21-2)15(19)17-5-8-18-6-3-4-7-18/h9-10H,3-8,16H2,1-2H3,(H,17,19). The molecule has 0 radical (unpaired) electrons. The minimum absolute atomic E-state index is 0.205. The minimum Gasteiger partial charge on any atom is -0.497 e. The fourth-order valence-electron chi connectivity index (χ4n) is 2.50. The number of carbonyl (C=O) groups is 1. The molecule has 116 valence electrons. The Kier molecular flexibility index (Phi) is 5.27. The molecular formula is C15H23N3O3. The van der Waals surface area contributed by atoms with Gasteiger partial charge < -0.3 is 25.4 Å². The molecule has 21 heavy (non-hydrogen) atoms. The highest BCUT2D eigenvalue weighted by atomic mass is 16.5. The third-order valence-electron chi connectivity index (χ3n) is 3.73. The van der Waals surface area contributed by atoms with Gasteiger partial charge in [0.25, 0.3) is 5.91 Å². The first-order valence-corrected chi connectivity index (χ1v) is 7.17. The van der Waals surface area contributed by atoms with E-state index in [4.69, 9.17) is 15.2 Å². The fraction of sp³-hybridized carbons (Fsp3) is 0.533. The molecule has 0 aromatic heterocycles. The summed E-state index contributed by atoms with van der Waals surface area (Å²) >= 11 is 0. The smallest absolute Gasteiger partial charge is 0.253 e. The average Bonchev–Trinajstić information content (AvgIpc) is 3.00. The fourth-order valence-corrected chi connectivity index (χ4v) is 2.50. The summed E-state index contributed by atoms with van der Waals surface area (Å²) in [6.07, 6.45) is 2.49. The summed E-state index contributed by atoms with van der Waals surface area (Å²) in [6.45, 7) is 3.71. The van der Waals surface area contributed by atoms with Crippen molar-refractivity contribution in [3.05, 3.63) is 17.7 Å². The van der Waals surface area contributed by atoms with Crippen LogP contribution in [0.15, 0.2) is 12.1 Å². The van der Waals surface area contributed by atoms with Gasteiger partial charge in [-0.15, -0.1) is 0 Å². The summed E-state index contributed by atoms with van der Waals surface area (Å²) in [5.74, 6) is 0.786. The maximum atomic E-state index is 12.3. The van der Waals surface area contributed by atoms with Gasteiger partial charge in [-0.25, -0.2) is 0 Å². The predicted molar refractivity (Wildman–Crippen MR) is 82.0 cm³/mol. The van der Waals surface area contributed by atoms with Crippen LogP contribution in [0.1, 0.15) is 23.2 Å². The normalized spacial score (nSPS) is 15.0. The highest BCUT2D eigenvalue weighted by Gasteiger charge is 2.16. The van der Waals surface area contributed by atoms with E-state index < -0.39 is 0 Å². The Morgan fingerprint density at radius 2 is 2.00 bits per heavy atom. The number of carbonyl (C=O) groups excluding carboxylic acids is 1. The largest absolute Gasteiger partial charge is 0.497 e. The van der Waals surface area contributed by atoms with Crippen molar-refractivity contribution >= 4 is 11.6 Å². The third-order valence-corrected chi connectivity index (χ3v) is 3.73. The number of rotatable bonds is 6. The molecule has 1 amide bonds. The summed E-state index contributed by atoms with van der Waals surface area (Å²) in [7, 11) is 3.06. The van der Waals surface area contributed by atoms with E-state index in [2.05, 4.69) is 10.2 Å². The Balaban J connectivity index is 2.00. The summed E-state index contributed by atoms with van der Waals surface area (Å²) < 4.78 is 10.3. The van der Waals surface area contributed by atoms with E-state index in [1.807, 2.05) is 0 Å². The van der Waals surface area contributed by atoms with E-state index in [9.17, 15) is 4.79 Å². The van der Waals surface area contributed by atoms with Crippen LogP contribution in [0.3, 0.4) is 0 Å². The van der Waals surface area contributed by atoms with Gasteiger partial charge in [0.2, 0.25) is 0 Å². The SMILES string of the molecule is COc1cc(OC)c(N)c(C(=O)NCCN2CCCC2)c1. The lowest BCUT2D eigenvalue weighted by atomic mass is 10.1. The molecule has 1 saturated heterocycles. The minimum atomic E-state index is -0.205. The topological polar surface area (TPSA) is 76.8 Å². The first-order valence-electron chi connectivity index (χ1n) is 7.17. The van der Waals surface area contributed by atoms with Crippen LogP contribution < -0.4 is 20.5 Å². The zero-order valence-electron chi connectivity index (χ0n) is 12.6. The molecule has 1 aliphatic heterocycles. The van der Waals surface area contributed by atoms with E-state index in [1.54, 1.807) is 19.2 Å². The van der Waals surface area contributed by atoms with E-state index in [0.29, 0.717) is 29.3 Å². The Morgan fingerprint density at radius 1 is 1.29 bits per heavy atom. The second-order valence-electron chi connectivity index (χ2n) is 5.10. The Hall–Kier alpha value is -1.95. The Bertz CT molecular complexity index is 499. The number of amides is 1. The van der Waals surface area contributed by atoms with Gasteiger partial charge in [-0.2, -0.15) is 0 Å². The van der Waals surface area contributed by atoms with Crippen LogP contribution in [0.4, 0.5) is 5.69 Å². The molecule has 1 aromatic carbocycles. The van der Waals surface area contributed by atoms with Gasteiger partial charge in [-0.05, 0) is 32.0 Å². The van der Waals surface area contributed by atoms with Gasteiger partial charge in [-0.1, -0.05) is 0 Å². The quantitative estimate of drug-likeness (QED) is 0.768. The lowest BCUT2D eigenvalue weighted by molar-refractivity contribution is 0.0950. The molecule has 0 unspecified atom stereocenters. The summed E-state index contributed by atoms with van der Waals surface area (Å²) in [5.41, 5.74) is 6.67. The lowest BCUT2D eigenvalue weighted by Gasteiger charge is -2.16. The van der Waals surface area contributed by atoms with Crippen LogP contribution in [0.2, 0.25) is 0 Å². The number of nitrogen functional groups attached to an aromatic ring is 1. The molecule has 6 heteroatoms. The number of nitrogens with one attached hydrogen (secondary N) is 1. The zero-order chi connectivity index (χ0) is 15.2. The van der Waals surface area contributed by atoms with Crippen molar-refractivity contribution in [1.29, 1.82) is 0 Å². The highest BCUT2D eigenvalue weighted by molar-refractivity contribution is 6.00. The van der Waals surface area contributed by atoms with Crippen molar-refractivity contribution in [2.75, 3.05) is 46.1 Å². The van der Waals surface area contributed by atoms with Crippen LogP contribution in [0, 0.1) is 0 Å². The Labute approximate surface area is 125 Å². The maximum absolute atomic E-state index is 12.3. The van der Waals surface area contributed by atoms with Crippen molar-refractivity contribution in [1.82, 2.24) is 10.2 Å². The second kappa shape index (κ2) is 7.17. The number of benzene rings is 1. The van der Waals surface area contributed by atoms with Crippen LogP contribution in [0.5, 0.6) is 11.5 Å². The number of likely N-dealkylation sites (tertiary alicyclic amines) is 1. The summed E-state index contributed by atoms with van der Waals surface area (Å²) in [6, 6.07) is 3.29. The molecule has 0 aliphatic carbocycles. The van der Waals surface area contributed by atoms with Crippen LogP contribution >= 0.6 is 0 Å². The molecular weight excluding hydrogens is 270 g/mol. The van der Waals surface area contributed by atoms with E-state index in [1.165, 1.54) is 20.0 Å². The van der Waals surface area contributed by atoms with Gasteiger partial charge in [0, 0.05) is 19.2 Å². The number of hydrogen-bond donors (Lipinski definition) is 2. The highest BCUT2D eigenvalue weighted by Crippen LogP contribution is 2.30. The van der Waals surface area contributed by atoms with E-state index in [-0.39, 0.29) is 5.91 Å². The van der Waals surface area contributed by atoms with E-state index >= 15 is 0 Å². The number of nitrogens with zero attached hydrogens (tertiary/aromatic N) is 1. The summed E-state index contributed by atoms with van der Waals surface area (Å²) in [5, 5.41) is 2.90. The van der Waals surface area contributed by atoms with Crippen LogP contribution in [-0.2, 0) is 0 Å². The molecule has 1 heterocycles. The zero-order valence-corrected chi connectivity index (χ0v) is 12.6. The van der Waals surface area contributed by atoms with Gasteiger partial charge in [0.1, 0.15) is 11.5 Å². The Morgan fingerprint density at radius 3 is 2.62 bits per heavy atom. The first kappa shape index (κ1) is 15.4. The molecule has 1 aromatic rings. The third kappa shape index (κ3) is 3.78. The van der Waals surface area contributed by atoms with Gasteiger partial charge >= 0.3 is 0 Å². The molecule has 0 bridgehead atoms. The van der Waals surface area contributed by atoms with Crippen molar-refractivity contribution in [3.8, 4) is 11.5 Å².